The molecule has 98 valence electrons. The monoisotopic (exact) mass is 326 g/mol. The number of pyridine rings is 1. The highest BCUT2D eigenvalue weighted by atomic mass is 79.9. The first-order valence-corrected chi connectivity index (χ1v) is 5.54. The average Bonchev–Trinajstić information content (AvgIpc) is 2.54. The molecule has 0 aliphatic carbocycles. The maximum Gasteiger partial charge on any atom is 0.325 e. The molecule has 0 saturated heterocycles. The summed E-state index contributed by atoms with van der Waals surface area (Å²) in [4.78, 5) is 7.63. The lowest BCUT2D eigenvalue weighted by atomic mass is 10.3. The van der Waals surface area contributed by atoms with E-state index in [9.17, 15) is 17.6 Å². The van der Waals surface area contributed by atoms with E-state index in [0.29, 0.717) is 4.47 Å². The molecule has 0 fully saturated rings. The van der Waals surface area contributed by atoms with E-state index in [1.165, 1.54) is 12.3 Å². The topological polar surface area (TPSA) is 56.7 Å². The van der Waals surface area contributed by atoms with Gasteiger partial charge in [0.05, 0.1) is 6.54 Å². The number of fused-ring (bicyclic) bond motifs is 1. The van der Waals surface area contributed by atoms with Crippen molar-refractivity contribution in [3.8, 4) is 0 Å². The summed E-state index contributed by atoms with van der Waals surface area (Å²) in [5.41, 5.74) is 5.72. The number of nitrogen functional groups attached to an aromatic ring is 1. The van der Waals surface area contributed by atoms with Gasteiger partial charge in [0, 0.05) is 10.7 Å². The summed E-state index contributed by atoms with van der Waals surface area (Å²) in [6.07, 6.45) is -2.43. The number of imidazole rings is 1. The zero-order chi connectivity index (χ0) is 13.5. The second-order valence-electron chi connectivity index (χ2n) is 3.61. The predicted molar refractivity (Wildman–Crippen MR) is 60.6 cm³/mol. The Morgan fingerprint density at radius 2 is 2.11 bits per heavy atom. The van der Waals surface area contributed by atoms with Crippen molar-refractivity contribution in [1.82, 2.24) is 14.5 Å². The number of nitrogens with zero attached hydrogens (tertiary/aromatic N) is 3. The van der Waals surface area contributed by atoms with Gasteiger partial charge in [-0.05, 0) is 22.0 Å². The van der Waals surface area contributed by atoms with Crippen LogP contribution >= 0.6 is 15.9 Å². The van der Waals surface area contributed by atoms with Crippen molar-refractivity contribution in [1.29, 1.82) is 0 Å². The molecule has 2 rings (SSSR count). The number of hydrogen-bond acceptors (Lipinski definition) is 3. The molecule has 0 atom stereocenters. The van der Waals surface area contributed by atoms with Gasteiger partial charge in [0.2, 0.25) is 5.95 Å². The smallest absolute Gasteiger partial charge is 0.325 e. The van der Waals surface area contributed by atoms with Crippen LogP contribution in [0.3, 0.4) is 0 Å². The first-order chi connectivity index (χ1) is 8.31. The SMILES string of the molecule is Nc1nc2cc(Br)cnc2n1CC(F)(F)C(F)F. The zero-order valence-electron chi connectivity index (χ0n) is 8.75. The first-order valence-electron chi connectivity index (χ1n) is 4.74. The normalized spacial score (nSPS) is 12.6. The van der Waals surface area contributed by atoms with Crippen LogP contribution in [0.15, 0.2) is 16.7 Å². The minimum absolute atomic E-state index is 0.0380. The number of hydrogen-bond donors (Lipinski definition) is 1. The Labute approximate surface area is 107 Å². The highest BCUT2D eigenvalue weighted by molar-refractivity contribution is 9.10. The number of rotatable bonds is 3. The molecule has 0 unspecified atom stereocenters. The van der Waals surface area contributed by atoms with E-state index in [-0.39, 0.29) is 17.1 Å². The van der Waals surface area contributed by atoms with E-state index in [1.807, 2.05) is 0 Å². The minimum atomic E-state index is -4.18. The zero-order valence-corrected chi connectivity index (χ0v) is 10.3. The molecule has 0 radical (unpaired) electrons. The highest BCUT2D eigenvalue weighted by Crippen LogP contribution is 2.28. The lowest BCUT2D eigenvalue weighted by molar-refractivity contribution is -0.137. The van der Waals surface area contributed by atoms with Crippen molar-refractivity contribution in [3.05, 3.63) is 16.7 Å². The molecule has 0 saturated carbocycles. The van der Waals surface area contributed by atoms with Crippen LogP contribution in [0.4, 0.5) is 23.5 Å². The molecule has 0 aliphatic rings. The fraction of sp³-hybridized carbons (Fsp3) is 0.333. The highest BCUT2D eigenvalue weighted by Gasteiger charge is 2.42. The van der Waals surface area contributed by atoms with Crippen LogP contribution in [-0.2, 0) is 6.54 Å². The Morgan fingerprint density at radius 3 is 2.72 bits per heavy atom. The van der Waals surface area contributed by atoms with Gasteiger partial charge < -0.3 is 5.73 Å². The third-order valence-electron chi connectivity index (χ3n) is 2.27. The van der Waals surface area contributed by atoms with Crippen molar-refractivity contribution < 1.29 is 17.6 Å². The van der Waals surface area contributed by atoms with Crippen LogP contribution < -0.4 is 5.73 Å². The molecule has 2 N–H and O–H groups in total. The molecule has 0 amide bonds. The van der Waals surface area contributed by atoms with E-state index < -0.39 is 18.9 Å². The molecule has 2 aromatic rings. The first kappa shape index (κ1) is 13.1. The fourth-order valence-corrected chi connectivity index (χ4v) is 1.76. The van der Waals surface area contributed by atoms with Gasteiger partial charge in [-0.1, -0.05) is 0 Å². The lowest BCUT2D eigenvalue weighted by Gasteiger charge is -2.16. The number of anilines is 1. The summed E-state index contributed by atoms with van der Waals surface area (Å²) in [7, 11) is 0. The molecular formula is C9H7BrF4N4. The maximum atomic E-state index is 13.0. The van der Waals surface area contributed by atoms with Gasteiger partial charge in [0.1, 0.15) is 5.52 Å². The second kappa shape index (κ2) is 4.38. The number of nitrogens with two attached hydrogens (primary N) is 1. The van der Waals surface area contributed by atoms with E-state index >= 15 is 0 Å². The van der Waals surface area contributed by atoms with Gasteiger partial charge in [-0.2, -0.15) is 8.78 Å². The largest absolute Gasteiger partial charge is 0.369 e. The quantitative estimate of drug-likeness (QED) is 0.882. The van der Waals surface area contributed by atoms with E-state index in [2.05, 4.69) is 25.9 Å². The van der Waals surface area contributed by atoms with Crippen LogP contribution in [0.5, 0.6) is 0 Å². The van der Waals surface area contributed by atoms with Gasteiger partial charge in [-0.25, -0.2) is 18.7 Å². The Balaban J connectivity index is 2.48. The summed E-state index contributed by atoms with van der Waals surface area (Å²) < 4.78 is 51.7. The van der Waals surface area contributed by atoms with Crippen LogP contribution in [0.25, 0.3) is 11.2 Å². The van der Waals surface area contributed by atoms with E-state index in [0.717, 1.165) is 4.57 Å². The molecule has 0 aliphatic heterocycles. The molecule has 0 spiro atoms. The van der Waals surface area contributed by atoms with Gasteiger partial charge in [-0.15, -0.1) is 0 Å². The van der Waals surface area contributed by atoms with Crippen LogP contribution in [0.1, 0.15) is 0 Å². The summed E-state index contributed by atoms with van der Waals surface area (Å²) in [5, 5.41) is 0. The number of alkyl halides is 4. The van der Waals surface area contributed by atoms with Gasteiger partial charge in [0.15, 0.2) is 5.65 Å². The molecule has 0 aromatic carbocycles. The molecule has 2 heterocycles. The Hall–Kier alpha value is -1.38. The Kier molecular flexibility index (Phi) is 3.18. The minimum Gasteiger partial charge on any atom is -0.369 e. The van der Waals surface area contributed by atoms with Crippen molar-refractivity contribution >= 4 is 33.0 Å². The summed E-state index contributed by atoms with van der Waals surface area (Å²) in [5.74, 6) is -4.47. The Morgan fingerprint density at radius 1 is 1.44 bits per heavy atom. The molecule has 18 heavy (non-hydrogen) atoms. The third kappa shape index (κ3) is 2.26. The van der Waals surface area contributed by atoms with E-state index in [4.69, 9.17) is 5.73 Å². The third-order valence-corrected chi connectivity index (χ3v) is 2.70. The van der Waals surface area contributed by atoms with Crippen LogP contribution in [0.2, 0.25) is 0 Å². The predicted octanol–water partition coefficient (Wildman–Crippen LogP) is 2.68. The van der Waals surface area contributed by atoms with Gasteiger partial charge in [0.25, 0.3) is 0 Å². The second-order valence-corrected chi connectivity index (χ2v) is 4.53. The van der Waals surface area contributed by atoms with Crippen molar-refractivity contribution in [2.45, 2.75) is 18.9 Å². The maximum absolute atomic E-state index is 13.0. The van der Waals surface area contributed by atoms with Gasteiger partial charge in [-0.3, -0.25) is 4.57 Å². The van der Waals surface area contributed by atoms with Crippen LogP contribution in [-0.4, -0.2) is 26.9 Å². The van der Waals surface area contributed by atoms with Crippen molar-refractivity contribution in [2.24, 2.45) is 0 Å². The average molecular weight is 327 g/mol. The van der Waals surface area contributed by atoms with Crippen molar-refractivity contribution in [3.63, 3.8) is 0 Å². The molecule has 4 nitrogen and oxygen atoms in total. The number of halogens is 5. The van der Waals surface area contributed by atoms with Crippen molar-refractivity contribution in [2.75, 3.05) is 5.73 Å². The van der Waals surface area contributed by atoms with Crippen LogP contribution in [0, 0.1) is 0 Å². The number of aromatic nitrogens is 3. The lowest BCUT2D eigenvalue weighted by Crippen LogP contribution is -2.32. The summed E-state index contributed by atoms with van der Waals surface area (Å²) in [6, 6.07) is 1.51. The molecular weight excluding hydrogens is 320 g/mol. The molecule has 9 heteroatoms. The van der Waals surface area contributed by atoms with E-state index in [1.54, 1.807) is 0 Å². The fourth-order valence-electron chi connectivity index (χ4n) is 1.44. The summed E-state index contributed by atoms with van der Waals surface area (Å²) in [6.45, 7) is -1.26. The molecule has 0 bridgehead atoms. The Bertz CT molecular complexity index is 583. The standard InChI is InChI=1S/C9H7BrF4N4/c10-4-1-5-6(16-2-4)18(8(15)17-5)3-9(13,14)7(11)12/h1-2,7H,3H2,(H2,15,17). The molecule has 2 aromatic heterocycles. The van der Waals surface area contributed by atoms with Gasteiger partial charge >= 0.3 is 12.3 Å². The summed E-state index contributed by atoms with van der Waals surface area (Å²) >= 11 is 3.13.